The van der Waals surface area contributed by atoms with Crippen molar-refractivity contribution in [3.05, 3.63) is 61.9 Å². The van der Waals surface area contributed by atoms with Crippen LogP contribution in [0.15, 0.2) is 30.3 Å². The molecule has 0 spiro atoms. The summed E-state index contributed by atoms with van der Waals surface area (Å²) in [6, 6.07) is 4.52. The van der Waals surface area contributed by atoms with E-state index >= 15 is 0 Å². The van der Waals surface area contributed by atoms with Gasteiger partial charge >= 0.3 is 17.7 Å². The lowest BCUT2D eigenvalue weighted by Gasteiger charge is -2.22. The van der Waals surface area contributed by atoms with Crippen LogP contribution in [-0.2, 0) is 20.7 Å². The molecule has 33 heavy (non-hydrogen) atoms. The molecular weight excluding hydrogens is 482 g/mol. The molecule has 0 aliphatic rings. The van der Waals surface area contributed by atoms with E-state index in [-0.39, 0.29) is 27.8 Å². The van der Waals surface area contributed by atoms with Gasteiger partial charge in [0.15, 0.2) is 0 Å². The normalized spacial score (nSPS) is 12.0. The Balaban J connectivity index is 2.46. The minimum absolute atomic E-state index is 0.00815. The van der Waals surface area contributed by atoms with Crippen molar-refractivity contribution in [3.8, 4) is 11.5 Å². The van der Waals surface area contributed by atoms with Crippen LogP contribution in [0.3, 0.4) is 0 Å². The van der Waals surface area contributed by atoms with Gasteiger partial charge in [-0.15, -0.1) is 0 Å². The molecule has 0 saturated carbocycles. The Morgan fingerprint density at radius 1 is 1.18 bits per heavy atom. The first-order valence-corrected chi connectivity index (χ1v) is 10.2. The molecule has 12 heteroatoms. The summed E-state index contributed by atoms with van der Waals surface area (Å²) in [7, 11) is 1.10. The van der Waals surface area contributed by atoms with E-state index < -0.39 is 45.9 Å². The molecular formula is C21H21Cl2FN2O7. The van der Waals surface area contributed by atoms with E-state index in [1.807, 2.05) is 0 Å². The summed E-state index contributed by atoms with van der Waals surface area (Å²) in [5, 5.41) is 14.1. The highest BCUT2D eigenvalue weighted by Crippen LogP contribution is 2.42. The molecule has 0 aliphatic carbocycles. The van der Waals surface area contributed by atoms with E-state index in [4.69, 9.17) is 37.4 Å². The van der Waals surface area contributed by atoms with Crippen molar-refractivity contribution in [2.24, 2.45) is 0 Å². The van der Waals surface area contributed by atoms with E-state index in [2.05, 4.69) is 5.32 Å². The molecule has 1 N–H and O–H groups in total. The number of nitrogens with one attached hydrogen (secondary N) is 1. The van der Waals surface area contributed by atoms with Gasteiger partial charge in [-0.3, -0.25) is 10.1 Å². The Morgan fingerprint density at radius 2 is 1.82 bits per heavy atom. The van der Waals surface area contributed by atoms with Gasteiger partial charge in [0.2, 0.25) is 5.75 Å². The van der Waals surface area contributed by atoms with Crippen LogP contribution in [0.4, 0.5) is 14.9 Å². The number of benzene rings is 2. The highest BCUT2D eigenvalue weighted by atomic mass is 35.5. The lowest BCUT2D eigenvalue weighted by molar-refractivity contribution is -0.386. The standard InChI is InChI=1S/C21H21Cl2FN2O7/c1-21(2,3)33-20(28)25-15(19(27)31-4)9-11-5-7-14(23)18(17(11)26(29)30)32-16-10-12(24)6-8-13(16)22/h5-8,10,15H,9H2,1-4H3,(H,25,28)/t15-/m1/s1. The average molecular weight is 503 g/mol. The summed E-state index contributed by atoms with van der Waals surface area (Å²) >= 11 is 12.1. The van der Waals surface area contributed by atoms with E-state index in [0.29, 0.717) is 0 Å². The Hall–Kier alpha value is -3.11. The Morgan fingerprint density at radius 3 is 2.39 bits per heavy atom. The van der Waals surface area contributed by atoms with Gasteiger partial charge in [0.25, 0.3) is 0 Å². The van der Waals surface area contributed by atoms with Crippen molar-refractivity contribution in [3.63, 3.8) is 0 Å². The van der Waals surface area contributed by atoms with Crippen LogP contribution in [0.1, 0.15) is 26.3 Å². The van der Waals surface area contributed by atoms with Gasteiger partial charge in [-0.2, -0.15) is 0 Å². The molecule has 2 aromatic rings. The molecule has 0 aromatic heterocycles. The number of amides is 1. The first kappa shape index (κ1) is 26.1. The predicted octanol–water partition coefficient (Wildman–Crippen LogP) is 5.44. The summed E-state index contributed by atoms with van der Waals surface area (Å²) in [5.74, 6) is -2.15. The number of methoxy groups -OCH3 is 1. The van der Waals surface area contributed by atoms with Gasteiger partial charge in [-0.05, 0) is 39.0 Å². The van der Waals surface area contributed by atoms with Crippen molar-refractivity contribution in [2.45, 2.75) is 38.8 Å². The van der Waals surface area contributed by atoms with Crippen LogP contribution in [0.2, 0.25) is 10.0 Å². The number of hydrogen-bond donors (Lipinski definition) is 1. The number of nitro groups is 1. The number of alkyl carbamates (subject to hydrolysis) is 1. The van der Waals surface area contributed by atoms with Gasteiger partial charge in [0.1, 0.15) is 23.2 Å². The fourth-order valence-electron chi connectivity index (χ4n) is 2.72. The van der Waals surface area contributed by atoms with Crippen molar-refractivity contribution in [1.82, 2.24) is 5.32 Å². The van der Waals surface area contributed by atoms with Crippen molar-refractivity contribution in [1.29, 1.82) is 0 Å². The first-order chi connectivity index (χ1) is 15.3. The zero-order valence-electron chi connectivity index (χ0n) is 18.1. The van der Waals surface area contributed by atoms with E-state index in [1.54, 1.807) is 20.8 Å². The number of ether oxygens (including phenoxy) is 3. The second kappa shape index (κ2) is 10.7. The molecule has 0 aliphatic heterocycles. The van der Waals surface area contributed by atoms with Crippen molar-refractivity contribution >= 4 is 41.0 Å². The van der Waals surface area contributed by atoms with Crippen LogP contribution in [0.5, 0.6) is 11.5 Å². The van der Waals surface area contributed by atoms with Gasteiger partial charge in [0.05, 0.1) is 22.1 Å². The highest BCUT2D eigenvalue weighted by Gasteiger charge is 2.31. The second-order valence-electron chi connectivity index (χ2n) is 7.74. The molecule has 0 fully saturated rings. The van der Waals surface area contributed by atoms with Crippen molar-refractivity contribution < 1.29 is 33.1 Å². The van der Waals surface area contributed by atoms with Crippen LogP contribution in [0.25, 0.3) is 0 Å². The van der Waals surface area contributed by atoms with Gasteiger partial charge in [-0.25, -0.2) is 14.0 Å². The van der Waals surface area contributed by atoms with Gasteiger partial charge in [-0.1, -0.05) is 29.3 Å². The largest absolute Gasteiger partial charge is 0.467 e. The number of halogens is 3. The molecule has 1 amide bonds. The molecule has 0 radical (unpaired) electrons. The van der Waals surface area contributed by atoms with E-state index in [9.17, 15) is 24.1 Å². The smallest absolute Gasteiger partial charge is 0.408 e. The quantitative estimate of drug-likeness (QED) is 0.304. The van der Waals surface area contributed by atoms with Crippen LogP contribution < -0.4 is 10.1 Å². The summed E-state index contributed by atoms with van der Waals surface area (Å²) in [5.41, 5.74) is -1.46. The molecule has 0 bridgehead atoms. The maximum Gasteiger partial charge on any atom is 0.408 e. The number of rotatable bonds is 7. The topological polar surface area (TPSA) is 117 Å². The lowest BCUT2D eigenvalue weighted by Crippen LogP contribution is -2.45. The second-order valence-corrected chi connectivity index (χ2v) is 8.56. The molecule has 0 saturated heterocycles. The summed E-state index contributed by atoms with van der Waals surface area (Å²) < 4.78 is 28.9. The Bertz CT molecular complexity index is 1070. The number of esters is 1. The molecule has 178 valence electrons. The predicted molar refractivity (Wildman–Crippen MR) is 118 cm³/mol. The molecule has 1 atom stereocenters. The summed E-state index contributed by atoms with van der Waals surface area (Å²) in [6.07, 6.45) is -1.27. The Kier molecular flexibility index (Phi) is 8.45. The SMILES string of the molecule is COC(=O)[C@@H](Cc1ccc(Cl)c(Oc2cc(F)ccc2Cl)c1[N+](=O)[O-])NC(=O)OC(C)(C)C. The third kappa shape index (κ3) is 7.19. The molecule has 9 nitrogen and oxygen atoms in total. The van der Waals surface area contributed by atoms with Gasteiger partial charge < -0.3 is 19.5 Å². The number of carbonyl (C=O) groups excluding carboxylic acids is 2. The van der Waals surface area contributed by atoms with E-state index in [1.165, 1.54) is 18.2 Å². The number of nitro benzene ring substituents is 1. The third-order valence-corrected chi connectivity index (χ3v) is 4.67. The Labute approximate surface area is 198 Å². The fraction of sp³-hybridized carbons (Fsp3) is 0.333. The fourth-order valence-corrected chi connectivity index (χ4v) is 3.07. The maximum atomic E-state index is 13.6. The molecule has 2 aromatic carbocycles. The third-order valence-electron chi connectivity index (χ3n) is 4.06. The summed E-state index contributed by atoms with van der Waals surface area (Å²) in [6.45, 7) is 4.89. The minimum atomic E-state index is -1.32. The minimum Gasteiger partial charge on any atom is -0.467 e. The molecule has 2 rings (SSSR count). The molecule has 0 heterocycles. The van der Waals surface area contributed by atoms with Crippen molar-refractivity contribution in [2.75, 3.05) is 7.11 Å². The first-order valence-electron chi connectivity index (χ1n) is 9.48. The number of hydrogen-bond acceptors (Lipinski definition) is 7. The lowest BCUT2D eigenvalue weighted by atomic mass is 10.0. The zero-order chi connectivity index (χ0) is 24.9. The van der Waals surface area contributed by atoms with Gasteiger partial charge in [0, 0.05) is 18.1 Å². The maximum absolute atomic E-state index is 13.6. The van der Waals surface area contributed by atoms with E-state index in [0.717, 1.165) is 19.2 Å². The number of nitrogens with zero attached hydrogens (tertiary/aromatic N) is 1. The monoisotopic (exact) mass is 502 g/mol. The summed E-state index contributed by atoms with van der Waals surface area (Å²) in [4.78, 5) is 35.5. The average Bonchev–Trinajstić information content (AvgIpc) is 2.70. The highest BCUT2D eigenvalue weighted by molar-refractivity contribution is 6.33. The molecule has 0 unspecified atom stereocenters. The van der Waals surface area contributed by atoms with Crippen LogP contribution in [-0.4, -0.2) is 35.7 Å². The van der Waals surface area contributed by atoms with Crippen LogP contribution in [0, 0.1) is 15.9 Å². The number of carbonyl (C=O) groups is 2. The zero-order valence-corrected chi connectivity index (χ0v) is 19.6. The van der Waals surface area contributed by atoms with Crippen LogP contribution >= 0.6 is 23.2 Å².